The van der Waals surface area contributed by atoms with Crippen LogP contribution >= 0.6 is 23.1 Å². The third kappa shape index (κ3) is 2.06. The summed E-state index contributed by atoms with van der Waals surface area (Å²) in [6.07, 6.45) is 0. The summed E-state index contributed by atoms with van der Waals surface area (Å²) in [5.41, 5.74) is 0. The molecule has 0 N–H and O–H groups in total. The van der Waals surface area contributed by atoms with Crippen LogP contribution in [0.1, 0.15) is 0 Å². The molecule has 0 aliphatic rings. The van der Waals surface area contributed by atoms with Gasteiger partial charge in [0.25, 0.3) is 0 Å². The van der Waals surface area contributed by atoms with E-state index in [1.807, 2.05) is 0 Å². The van der Waals surface area contributed by atoms with Gasteiger partial charge in [0.2, 0.25) is 19.5 Å². The maximum absolute atomic E-state index is 12.6. The van der Waals surface area contributed by atoms with Crippen molar-refractivity contribution in [2.45, 2.75) is 9.24 Å². The lowest BCUT2D eigenvalue weighted by Gasteiger charge is -1.98. The van der Waals surface area contributed by atoms with Gasteiger partial charge < -0.3 is 0 Å². The molecule has 0 aliphatic carbocycles. The van der Waals surface area contributed by atoms with E-state index in [0.29, 0.717) is 11.5 Å². The molecule has 2 aromatic rings. The number of nitrogens with zero attached hydrogens (tertiary/aromatic N) is 2. The molecule has 0 unspecified atom stereocenters. The van der Waals surface area contributed by atoms with Crippen LogP contribution in [0.5, 0.6) is 0 Å². The fourth-order valence-electron chi connectivity index (χ4n) is 1.02. The second kappa shape index (κ2) is 4.08. The molecule has 0 bridgehead atoms. The maximum atomic E-state index is 12.6. The Morgan fingerprint density at radius 2 is 1.88 bits per heavy atom. The van der Waals surface area contributed by atoms with Crippen LogP contribution in [0, 0.1) is 5.82 Å². The zero-order valence-corrected chi connectivity index (χ0v) is 9.98. The average Bonchev–Trinajstić information content (AvgIpc) is 2.66. The van der Waals surface area contributed by atoms with Crippen molar-refractivity contribution in [1.82, 2.24) is 9.36 Å². The summed E-state index contributed by atoms with van der Waals surface area (Å²) in [6.45, 7) is 0. The van der Waals surface area contributed by atoms with Crippen LogP contribution in [-0.2, 0) is 9.84 Å². The maximum Gasteiger partial charge on any atom is 0.235 e. The minimum Gasteiger partial charge on any atom is -0.216 e. The Morgan fingerprint density at radius 1 is 1.25 bits per heavy atom. The van der Waals surface area contributed by atoms with Crippen LogP contribution in [0.4, 0.5) is 4.39 Å². The molecule has 0 amide bonds. The van der Waals surface area contributed by atoms with Crippen molar-refractivity contribution in [2.75, 3.05) is 0 Å². The molecular weight excluding hydrogens is 275 g/mol. The predicted molar refractivity (Wildman–Crippen MR) is 56.8 cm³/mol. The molecule has 0 spiro atoms. The van der Waals surface area contributed by atoms with Gasteiger partial charge >= 0.3 is 0 Å². The molecule has 0 aliphatic heterocycles. The molecule has 84 valence electrons. The SMILES string of the molecule is O=S(=O)(c1ccc(F)cc1)c1nc(Cl)ns1. The predicted octanol–water partition coefficient (Wildman–Crippen LogP) is 2.16. The molecule has 0 atom stereocenters. The second-order valence-corrected chi connectivity index (χ2v) is 6.00. The molecule has 4 nitrogen and oxygen atoms in total. The number of hydrogen-bond acceptors (Lipinski definition) is 5. The van der Waals surface area contributed by atoms with Crippen LogP contribution in [-0.4, -0.2) is 17.8 Å². The molecule has 0 fully saturated rings. The molecular formula is C8H4ClFN2O2S2. The van der Waals surface area contributed by atoms with E-state index >= 15 is 0 Å². The highest BCUT2D eigenvalue weighted by Gasteiger charge is 2.22. The molecule has 0 saturated carbocycles. The van der Waals surface area contributed by atoms with Crippen molar-refractivity contribution in [2.24, 2.45) is 0 Å². The number of rotatable bonds is 2. The standard InChI is InChI=1S/C8H4ClFN2O2S2/c9-7-11-8(15-12-7)16(13,14)6-3-1-5(10)2-4-6/h1-4H. The number of hydrogen-bond donors (Lipinski definition) is 0. The molecule has 1 heterocycles. The first-order valence-corrected chi connectivity index (χ1v) is 6.63. The molecule has 16 heavy (non-hydrogen) atoms. The van der Waals surface area contributed by atoms with Gasteiger partial charge in [0.1, 0.15) is 5.82 Å². The van der Waals surface area contributed by atoms with E-state index < -0.39 is 15.7 Å². The van der Waals surface area contributed by atoms with Gasteiger partial charge in [-0.3, -0.25) is 0 Å². The molecule has 0 radical (unpaired) electrons. The third-order valence-electron chi connectivity index (χ3n) is 1.74. The van der Waals surface area contributed by atoms with Gasteiger partial charge in [-0.25, -0.2) is 12.8 Å². The van der Waals surface area contributed by atoms with Crippen LogP contribution < -0.4 is 0 Å². The lowest BCUT2D eigenvalue weighted by atomic mass is 10.4. The quantitative estimate of drug-likeness (QED) is 0.790. The summed E-state index contributed by atoms with van der Waals surface area (Å²) < 4.78 is 39.8. The summed E-state index contributed by atoms with van der Waals surface area (Å²) in [7, 11) is -3.74. The van der Waals surface area contributed by atoms with E-state index in [1.54, 1.807) is 0 Å². The number of sulfone groups is 1. The number of benzene rings is 1. The molecule has 2 rings (SSSR count). The topological polar surface area (TPSA) is 59.9 Å². The highest BCUT2D eigenvalue weighted by molar-refractivity contribution is 7.93. The van der Waals surface area contributed by atoms with Crippen molar-refractivity contribution < 1.29 is 12.8 Å². The van der Waals surface area contributed by atoms with E-state index in [-0.39, 0.29) is 14.5 Å². The number of halogens is 2. The van der Waals surface area contributed by atoms with Gasteiger partial charge in [0.15, 0.2) is 0 Å². The Morgan fingerprint density at radius 3 is 2.38 bits per heavy atom. The molecule has 1 aromatic carbocycles. The minimum atomic E-state index is -3.74. The Hall–Kier alpha value is -1.05. The van der Waals surface area contributed by atoms with E-state index in [4.69, 9.17) is 11.6 Å². The first-order valence-electron chi connectivity index (χ1n) is 4.00. The van der Waals surface area contributed by atoms with Crippen LogP contribution in [0.2, 0.25) is 5.28 Å². The highest BCUT2D eigenvalue weighted by atomic mass is 35.5. The third-order valence-corrected chi connectivity index (χ3v) is 4.84. The fourth-order valence-corrected chi connectivity index (χ4v) is 3.32. The zero-order valence-electron chi connectivity index (χ0n) is 7.59. The van der Waals surface area contributed by atoms with Crippen molar-refractivity contribution in [3.63, 3.8) is 0 Å². The summed E-state index contributed by atoms with van der Waals surface area (Å²) in [6, 6.07) is 4.46. The second-order valence-electron chi connectivity index (χ2n) is 2.79. The van der Waals surface area contributed by atoms with E-state index in [2.05, 4.69) is 9.36 Å². The lowest BCUT2D eigenvalue weighted by Crippen LogP contribution is -2.01. The Balaban J connectivity index is 2.51. The molecule has 0 saturated heterocycles. The van der Waals surface area contributed by atoms with Gasteiger partial charge in [0.05, 0.1) is 4.90 Å². The van der Waals surface area contributed by atoms with Gasteiger partial charge in [-0.1, -0.05) is 0 Å². The summed E-state index contributed by atoms with van der Waals surface area (Å²) in [4.78, 5) is 3.53. The van der Waals surface area contributed by atoms with Gasteiger partial charge in [-0.05, 0) is 47.4 Å². The van der Waals surface area contributed by atoms with Crippen molar-refractivity contribution in [3.8, 4) is 0 Å². The van der Waals surface area contributed by atoms with Crippen LogP contribution in [0.25, 0.3) is 0 Å². The zero-order chi connectivity index (χ0) is 11.8. The first kappa shape index (κ1) is 11.4. The Bertz CT molecular complexity index is 609. The van der Waals surface area contributed by atoms with E-state index in [0.717, 1.165) is 12.1 Å². The smallest absolute Gasteiger partial charge is 0.216 e. The van der Waals surface area contributed by atoms with Gasteiger partial charge in [-0.15, -0.1) is 0 Å². The van der Waals surface area contributed by atoms with E-state index in [9.17, 15) is 12.8 Å². The van der Waals surface area contributed by atoms with Crippen LogP contribution in [0.15, 0.2) is 33.5 Å². The van der Waals surface area contributed by atoms with Crippen molar-refractivity contribution in [3.05, 3.63) is 35.4 Å². The van der Waals surface area contributed by atoms with Gasteiger partial charge in [-0.2, -0.15) is 9.36 Å². The van der Waals surface area contributed by atoms with Gasteiger partial charge in [0, 0.05) is 0 Å². The Kier molecular flexibility index (Phi) is 2.92. The highest BCUT2D eigenvalue weighted by Crippen LogP contribution is 2.23. The monoisotopic (exact) mass is 278 g/mol. The Labute approximate surface area is 99.8 Å². The fraction of sp³-hybridized carbons (Fsp3) is 0. The van der Waals surface area contributed by atoms with Crippen molar-refractivity contribution >= 4 is 33.0 Å². The van der Waals surface area contributed by atoms with Crippen LogP contribution in [0.3, 0.4) is 0 Å². The first-order chi connectivity index (χ1) is 7.50. The molecule has 8 heteroatoms. The van der Waals surface area contributed by atoms with Crippen molar-refractivity contribution in [1.29, 1.82) is 0 Å². The normalized spacial score (nSPS) is 11.6. The number of aromatic nitrogens is 2. The summed E-state index contributed by atoms with van der Waals surface area (Å²) in [5, 5.41) is -0.120. The minimum absolute atomic E-state index is 0.0401. The molecule has 1 aromatic heterocycles. The average molecular weight is 279 g/mol. The van der Waals surface area contributed by atoms with E-state index in [1.165, 1.54) is 12.1 Å². The summed E-state index contributed by atoms with van der Waals surface area (Å²) >= 11 is 6.12. The largest absolute Gasteiger partial charge is 0.235 e. The summed E-state index contributed by atoms with van der Waals surface area (Å²) in [5.74, 6) is -0.505. The lowest BCUT2D eigenvalue weighted by molar-refractivity contribution is 0.594.